The van der Waals surface area contributed by atoms with Gasteiger partial charge in [-0.1, -0.05) is 66.5 Å². The number of thiazole rings is 1. The molecule has 4 aromatic rings. The van der Waals surface area contributed by atoms with Gasteiger partial charge in [-0.3, -0.25) is 9.36 Å². The molecule has 1 unspecified atom stereocenters. The van der Waals surface area contributed by atoms with Crippen LogP contribution in [0.2, 0.25) is 0 Å². The second kappa shape index (κ2) is 11.7. The van der Waals surface area contributed by atoms with Gasteiger partial charge in [0.1, 0.15) is 13.2 Å². The van der Waals surface area contributed by atoms with Crippen molar-refractivity contribution in [3.8, 4) is 11.5 Å². The standard InChI is InChI=1S/C30H26N2O5S2/c1-4-14-36-29(34)26-19(2)31-30-32(28(33)25(39-30)17-22-11-8-15-38-22)27(26)21-12-13-23(24(16-21)35-3)37-18-20-9-6-5-7-10-20/h4-13,15-17,27H,1,14,18H2,2-3H3/b25-17-. The molecule has 0 N–H and O–H groups in total. The lowest BCUT2D eigenvalue weighted by atomic mass is 9.95. The molecule has 0 saturated heterocycles. The van der Waals surface area contributed by atoms with Crippen LogP contribution in [0.25, 0.3) is 6.08 Å². The van der Waals surface area contributed by atoms with Gasteiger partial charge in [-0.2, -0.15) is 0 Å². The number of methoxy groups -OCH3 is 1. The highest BCUT2D eigenvalue weighted by molar-refractivity contribution is 7.11. The Morgan fingerprint density at radius 3 is 2.67 bits per heavy atom. The molecule has 2 aromatic carbocycles. The van der Waals surface area contributed by atoms with Crippen molar-refractivity contribution in [1.82, 2.24) is 4.57 Å². The number of benzene rings is 2. The molecule has 198 valence electrons. The predicted molar refractivity (Wildman–Crippen MR) is 153 cm³/mol. The number of carbonyl (C=O) groups excluding carboxylic acids is 1. The van der Waals surface area contributed by atoms with E-state index in [0.717, 1.165) is 10.4 Å². The molecule has 0 radical (unpaired) electrons. The van der Waals surface area contributed by atoms with E-state index < -0.39 is 12.0 Å². The normalized spacial score (nSPS) is 14.9. The first-order valence-corrected chi connectivity index (χ1v) is 13.9. The number of thiophene rings is 1. The highest BCUT2D eigenvalue weighted by Gasteiger charge is 2.34. The first kappa shape index (κ1) is 26.4. The van der Waals surface area contributed by atoms with Crippen LogP contribution >= 0.6 is 22.7 Å². The van der Waals surface area contributed by atoms with Crippen molar-refractivity contribution in [3.05, 3.63) is 126 Å². The zero-order chi connectivity index (χ0) is 27.4. The molecule has 39 heavy (non-hydrogen) atoms. The van der Waals surface area contributed by atoms with Crippen molar-refractivity contribution in [1.29, 1.82) is 0 Å². The molecule has 0 fully saturated rings. The SMILES string of the molecule is C=CCOC(=O)C1=C(C)N=c2s/c(=C\c3cccs3)c(=O)n2C1c1ccc(OCc2ccccc2)c(OC)c1. The van der Waals surface area contributed by atoms with E-state index in [9.17, 15) is 9.59 Å². The van der Waals surface area contributed by atoms with Crippen molar-refractivity contribution < 1.29 is 19.0 Å². The lowest BCUT2D eigenvalue weighted by Crippen LogP contribution is -2.39. The summed E-state index contributed by atoms with van der Waals surface area (Å²) in [7, 11) is 1.56. The van der Waals surface area contributed by atoms with Gasteiger partial charge in [-0.05, 0) is 47.7 Å². The van der Waals surface area contributed by atoms with Gasteiger partial charge in [-0.15, -0.1) is 11.3 Å². The van der Waals surface area contributed by atoms with Gasteiger partial charge in [0, 0.05) is 4.88 Å². The number of allylic oxidation sites excluding steroid dienone is 1. The molecule has 0 spiro atoms. The smallest absolute Gasteiger partial charge is 0.338 e. The fourth-order valence-electron chi connectivity index (χ4n) is 4.32. The summed E-state index contributed by atoms with van der Waals surface area (Å²) in [5.41, 5.74) is 2.23. The molecule has 5 rings (SSSR count). The van der Waals surface area contributed by atoms with Gasteiger partial charge in [0.2, 0.25) is 0 Å². The third kappa shape index (κ3) is 5.50. The van der Waals surface area contributed by atoms with Crippen LogP contribution in [-0.4, -0.2) is 24.3 Å². The number of fused-ring (bicyclic) bond motifs is 1. The van der Waals surface area contributed by atoms with Crippen LogP contribution in [0.15, 0.2) is 99.8 Å². The Morgan fingerprint density at radius 2 is 1.95 bits per heavy atom. The van der Waals surface area contributed by atoms with Crippen LogP contribution in [0.5, 0.6) is 11.5 Å². The van der Waals surface area contributed by atoms with Gasteiger partial charge < -0.3 is 14.2 Å². The fraction of sp³-hybridized carbons (Fsp3) is 0.167. The van der Waals surface area contributed by atoms with E-state index in [0.29, 0.717) is 38.7 Å². The van der Waals surface area contributed by atoms with Gasteiger partial charge in [0.25, 0.3) is 5.56 Å². The summed E-state index contributed by atoms with van der Waals surface area (Å²) in [6.45, 7) is 5.79. The van der Waals surface area contributed by atoms with E-state index in [1.165, 1.54) is 17.4 Å². The molecule has 1 aliphatic heterocycles. The quantitative estimate of drug-likeness (QED) is 0.221. The van der Waals surface area contributed by atoms with Crippen LogP contribution in [0.3, 0.4) is 0 Å². The Hall–Kier alpha value is -4.21. The molecular weight excluding hydrogens is 532 g/mol. The second-order valence-corrected chi connectivity index (χ2v) is 10.7. The summed E-state index contributed by atoms with van der Waals surface area (Å²) in [4.78, 5) is 33.1. The van der Waals surface area contributed by atoms with Crippen molar-refractivity contribution in [2.45, 2.75) is 19.6 Å². The number of nitrogens with zero attached hydrogens (tertiary/aromatic N) is 2. The predicted octanol–water partition coefficient (Wildman–Crippen LogP) is 4.61. The molecule has 1 aliphatic rings. The number of hydrogen-bond acceptors (Lipinski definition) is 8. The third-order valence-corrected chi connectivity index (χ3v) is 7.93. The molecule has 2 aromatic heterocycles. The topological polar surface area (TPSA) is 79.1 Å². The summed E-state index contributed by atoms with van der Waals surface area (Å²) >= 11 is 2.83. The summed E-state index contributed by atoms with van der Waals surface area (Å²) < 4.78 is 19.2. The molecular formula is C30H26N2O5S2. The molecule has 0 saturated carbocycles. The number of ether oxygens (including phenoxy) is 3. The Morgan fingerprint density at radius 1 is 1.13 bits per heavy atom. The molecule has 7 nitrogen and oxygen atoms in total. The van der Waals surface area contributed by atoms with Gasteiger partial charge in [0.05, 0.1) is 29.0 Å². The van der Waals surface area contributed by atoms with Crippen LogP contribution in [0.1, 0.15) is 29.0 Å². The van der Waals surface area contributed by atoms with Crippen LogP contribution < -0.4 is 24.4 Å². The maximum Gasteiger partial charge on any atom is 0.338 e. The summed E-state index contributed by atoms with van der Waals surface area (Å²) in [6, 6.07) is 18.4. The molecule has 3 heterocycles. The highest BCUT2D eigenvalue weighted by Crippen LogP contribution is 2.36. The van der Waals surface area contributed by atoms with Crippen LogP contribution in [-0.2, 0) is 16.1 Å². The third-order valence-electron chi connectivity index (χ3n) is 6.13. The Balaban J connectivity index is 1.61. The van der Waals surface area contributed by atoms with E-state index in [1.54, 1.807) is 42.1 Å². The van der Waals surface area contributed by atoms with E-state index in [-0.39, 0.29) is 17.7 Å². The van der Waals surface area contributed by atoms with E-state index in [1.807, 2.05) is 60.0 Å². The average molecular weight is 559 g/mol. The second-order valence-electron chi connectivity index (χ2n) is 8.67. The van der Waals surface area contributed by atoms with Crippen molar-refractivity contribution in [3.63, 3.8) is 0 Å². The Labute approximate surface area is 233 Å². The van der Waals surface area contributed by atoms with Gasteiger partial charge >= 0.3 is 5.97 Å². The van der Waals surface area contributed by atoms with Gasteiger partial charge in [-0.25, -0.2) is 9.79 Å². The number of hydrogen-bond donors (Lipinski definition) is 0. The molecule has 1 atom stereocenters. The van der Waals surface area contributed by atoms with Gasteiger partial charge in [0.15, 0.2) is 16.3 Å². The highest BCUT2D eigenvalue weighted by atomic mass is 32.1. The van der Waals surface area contributed by atoms with Crippen molar-refractivity contribution >= 4 is 34.7 Å². The maximum atomic E-state index is 13.7. The van der Waals surface area contributed by atoms with E-state index in [2.05, 4.69) is 11.6 Å². The minimum atomic E-state index is -0.763. The lowest BCUT2D eigenvalue weighted by molar-refractivity contribution is -0.138. The zero-order valence-electron chi connectivity index (χ0n) is 21.5. The molecule has 0 amide bonds. The fourth-order valence-corrected chi connectivity index (χ4v) is 6.09. The first-order chi connectivity index (χ1) is 19.0. The average Bonchev–Trinajstić information content (AvgIpc) is 3.58. The van der Waals surface area contributed by atoms with E-state index >= 15 is 0 Å². The zero-order valence-corrected chi connectivity index (χ0v) is 23.1. The van der Waals surface area contributed by atoms with Crippen LogP contribution in [0.4, 0.5) is 0 Å². The number of esters is 1. The van der Waals surface area contributed by atoms with Crippen molar-refractivity contribution in [2.75, 3.05) is 13.7 Å². The largest absolute Gasteiger partial charge is 0.493 e. The summed E-state index contributed by atoms with van der Waals surface area (Å²) in [5.74, 6) is 0.473. The first-order valence-electron chi connectivity index (χ1n) is 12.2. The maximum absolute atomic E-state index is 13.7. The minimum absolute atomic E-state index is 0.0424. The molecule has 9 heteroatoms. The number of carbonyl (C=O) groups is 1. The van der Waals surface area contributed by atoms with Crippen molar-refractivity contribution in [2.24, 2.45) is 4.99 Å². The molecule has 0 bridgehead atoms. The summed E-state index contributed by atoms with van der Waals surface area (Å²) in [5, 5.41) is 1.96. The van der Waals surface area contributed by atoms with Crippen LogP contribution in [0, 0.1) is 0 Å². The minimum Gasteiger partial charge on any atom is -0.493 e. The number of aromatic nitrogens is 1. The summed E-state index contributed by atoms with van der Waals surface area (Å²) in [6.07, 6.45) is 3.35. The monoisotopic (exact) mass is 558 g/mol. The lowest BCUT2D eigenvalue weighted by Gasteiger charge is -2.25. The Bertz CT molecular complexity index is 1720. The Kier molecular flexibility index (Phi) is 7.90. The number of rotatable bonds is 9. The molecule has 0 aliphatic carbocycles. The van der Waals surface area contributed by atoms with E-state index in [4.69, 9.17) is 14.2 Å².